The Hall–Kier alpha value is -2.46. The van der Waals surface area contributed by atoms with Gasteiger partial charge in [-0.15, -0.1) is 0 Å². The van der Waals surface area contributed by atoms with Crippen LogP contribution < -0.4 is 5.56 Å². The van der Waals surface area contributed by atoms with Crippen molar-refractivity contribution in [1.82, 2.24) is 14.7 Å². The van der Waals surface area contributed by atoms with Crippen LogP contribution in [0.2, 0.25) is 0 Å². The molecule has 23 heavy (non-hydrogen) atoms. The minimum Gasteiger partial charge on any atom is -0.284 e. The summed E-state index contributed by atoms with van der Waals surface area (Å²) in [5.74, 6) is 0. The van der Waals surface area contributed by atoms with Gasteiger partial charge in [-0.1, -0.05) is 48.5 Å². The number of hydrogen-bond acceptors (Lipinski definition) is 3. The van der Waals surface area contributed by atoms with Crippen molar-refractivity contribution in [3.05, 3.63) is 65.0 Å². The van der Waals surface area contributed by atoms with Crippen LogP contribution in [0, 0.1) is 0 Å². The van der Waals surface area contributed by atoms with Crippen molar-refractivity contribution in [2.24, 2.45) is 0 Å². The Morgan fingerprint density at radius 3 is 2.26 bits per heavy atom. The number of hydrogen-bond donors (Lipinski definition) is 0. The smallest absolute Gasteiger partial charge is 0.275 e. The Bertz CT molecular complexity index is 880. The molecule has 1 saturated heterocycles. The van der Waals surface area contributed by atoms with Gasteiger partial charge in [-0.2, -0.15) is 5.10 Å². The van der Waals surface area contributed by atoms with Gasteiger partial charge in [0.25, 0.3) is 5.56 Å². The largest absolute Gasteiger partial charge is 0.284 e. The molecule has 0 N–H and O–H groups in total. The first kappa shape index (κ1) is 14.2. The van der Waals surface area contributed by atoms with Crippen LogP contribution in [0.15, 0.2) is 59.4 Å². The number of fused-ring (bicyclic) bond motifs is 1. The zero-order valence-corrected chi connectivity index (χ0v) is 13.0. The number of aromatic nitrogens is 2. The molecule has 1 aliphatic heterocycles. The first-order chi connectivity index (χ1) is 11.3. The minimum absolute atomic E-state index is 0.00724. The summed E-state index contributed by atoms with van der Waals surface area (Å²) in [4.78, 5) is 15.1. The summed E-state index contributed by atoms with van der Waals surface area (Å²) in [5.41, 5.74) is 1.91. The summed E-state index contributed by atoms with van der Waals surface area (Å²) >= 11 is 0. The second kappa shape index (κ2) is 5.97. The first-order valence-electron chi connectivity index (χ1n) is 8.10. The molecule has 1 aliphatic rings. The molecule has 0 unspecified atom stereocenters. The highest BCUT2D eigenvalue weighted by Gasteiger charge is 2.16. The standard InChI is InChI=1S/C19H19N3O/c23-19-17-11-5-4-10-16(17)18(15-8-2-1-3-9-15)20-22(19)14-21-12-6-7-13-21/h1-5,8-11H,6-7,12-14H2. The lowest BCUT2D eigenvalue weighted by molar-refractivity contribution is 0.250. The van der Waals surface area contributed by atoms with Crippen molar-refractivity contribution in [1.29, 1.82) is 0 Å². The fourth-order valence-corrected chi connectivity index (χ4v) is 3.25. The van der Waals surface area contributed by atoms with E-state index in [1.165, 1.54) is 12.8 Å². The lowest BCUT2D eigenvalue weighted by Gasteiger charge is -2.17. The van der Waals surface area contributed by atoms with Gasteiger partial charge < -0.3 is 0 Å². The van der Waals surface area contributed by atoms with Crippen LogP contribution in [-0.2, 0) is 6.67 Å². The number of nitrogens with zero attached hydrogens (tertiary/aromatic N) is 3. The molecule has 4 heteroatoms. The van der Waals surface area contributed by atoms with E-state index in [4.69, 9.17) is 5.10 Å². The van der Waals surface area contributed by atoms with Gasteiger partial charge in [0.2, 0.25) is 0 Å². The fraction of sp³-hybridized carbons (Fsp3) is 0.263. The van der Waals surface area contributed by atoms with Crippen molar-refractivity contribution in [3.8, 4) is 11.3 Å². The van der Waals surface area contributed by atoms with Crippen LogP contribution in [0.4, 0.5) is 0 Å². The van der Waals surface area contributed by atoms with Gasteiger partial charge in [0, 0.05) is 10.9 Å². The molecule has 0 amide bonds. The molecular weight excluding hydrogens is 286 g/mol. The Morgan fingerprint density at radius 2 is 1.52 bits per heavy atom. The summed E-state index contributed by atoms with van der Waals surface area (Å²) < 4.78 is 1.62. The van der Waals surface area contributed by atoms with Crippen LogP contribution in [0.25, 0.3) is 22.0 Å². The van der Waals surface area contributed by atoms with Crippen LogP contribution in [0.3, 0.4) is 0 Å². The lowest BCUT2D eigenvalue weighted by Crippen LogP contribution is -2.32. The van der Waals surface area contributed by atoms with E-state index in [1.54, 1.807) is 4.68 Å². The van der Waals surface area contributed by atoms with Gasteiger partial charge in [0.05, 0.1) is 17.7 Å². The zero-order chi connectivity index (χ0) is 15.6. The molecule has 4 nitrogen and oxygen atoms in total. The lowest BCUT2D eigenvalue weighted by atomic mass is 10.1. The summed E-state index contributed by atoms with van der Waals surface area (Å²) in [6.07, 6.45) is 2.40. The van der Waals surface area contributed by atoms with Gasteiger partial charge in [-0.3, -0.25) is 9.69 Å². The van der Waals surface area contributed by atoms with Gasteiger partial charge >= 0.3 is 0 Å². The second-order valence-corrected chi connectivity index (χ2v) is 6.03. The third kappa shape index (κ3) is 2.66. The zero-order valence-electron chi connectivity index (χ0n) is 13.0. The van der Waals surface area contributed by atoms with Crippen LogP contribution in [0.5, 0.6) is 0 Å². The van der Waals surface area contributed by atoms with E-state index >= 15 is 0 Å². The van der Waals surface area contributed by atoms with Crippen LogP contribution in [0.1, 0.15) is 12.8 Å². The molecule has 116 valence electrons. The molecule has 0 atom stereocenters. The monoisotopic (exact) mass is 305 g/mol. The molecule has 0 saturated carbocycles. The van der Waals surface area contributed by atoms with Crippen molar-refractivity contribution in [2.75, 3.05) is 13.1 Å². The molecule has 2 heterocycles. The molecule has 0 aliphatic carbocycles. The van der Waals surface area contributed by atoms with E-state index in [1.807, 2.05) is 54.6 Å². The predicted molar refractivity (Wildman–Crippen MR) is 92.2 cm³/mol. The van der Waals surface area contributed by atoms with Crippen molar-refractivity contribution >= 4 is 10.8 Å². The molecule has 0 spiro atoms. The van der Waals surface area contributed by atoms with Crippen molar-refractivity contribution < 1.29 is 0 Å². The maximum atomic E-state index is 12.8. The van der Waals surface area contributed by atoms with E-state index in [-0.39, 0.29) is 5.56 Å². The quantitative estimate of drug-likeness (QED) is 0.746. The van der Waals surface area contributed by atoms with Gasteiger partial charge in [-0.05, 0) is 32.0 Å². The molecule has 0 radical (unpaired) electrons. The van der Waals surface area contributed by atoms with E-state index in [0.717, 1.165) is 35.1 Å². The van der Waals surface area contributed by atoms with Gasteiger partial charge in [0.1, 0.15) is 0 Å². The third-order valence-electron chi connectivity index (χ3n) is 4.45. The van der Waals surface area contributed by atoms with E-state index < -0.39 is 0 Å². The topological polar surface area (TPSA) is 38.1 Å². The van der Waals surface area contributed by atoms with Gasteiger partial charge in [-0.25, -0.2) is 4.68 Å². The molecule has 3 aromatic rings. The highest BCUT2D eigenvalue weighted by atomic mass is 16.1. The van der Waals surface area contributed by atoms with Gasteiger partial charge in [0.15, 0.2) is 0 Å². The highest BCUT2D eigenvalue weighted by Crippen LogP contribution is 2.24. The number of rotatable bonds is 3. The predicted octanol–water partition coefficient (Wildman–Crippen LogP) is 3.12. The maximum Gasteiger partial charge on any atom is 0.275 e. The van der Waals surface area contributed by atoms with Crippen LogP contribution >= 0.6 is 0 Å². The Balaban J connectivity index is 1.90. The maximum absolute atomic E-state index is 12.8. The second-order valence-electron chi connectivity index (χ2n) is 6.03. The average Bonchev–Trinajstić information content (AvgIpc) is 3.11. The molecule has 1 fully saturated rings. The summed E-state index contributed by atoms with van der Waals surface area (Å²) in [6, 6.07) is 17.8. The van der Waals surface area contributed by atoms with E-state index in [2.05, 4.69) is 4.90 Å². The minimum atomic E-state index is -0.00724. The fourth-order valence-electron chi connectivity index (χ4n) is 3.25. The summed E-state index contributed by atoms with van der Waals surface area (Å²) in [6.45, 7) is 2.66. The first-order valence-corrected chi connectivity index (χ1v) is 8.10. The Labute approximate surface area is 135 Å². The molecule has 2 aromatic carbocycles. The normalized spacial score (nSPS) is 15.3. The third-order valence-corrected chi connectivity index (χ3v) is 4.45. The highest BCUT2D eigenvalue weighted by molar-refractivity contribution is 5.93. The van der Waals surface area contributed by atoms with E-state index in [9.17, 15) is 4.79 Å². The number of benzene rings is 2. The number of likely N-dealkylation sites (tertiary alicyclic amines) is 1. The summed E-state index contributed by atoms with van der Waals surface area (Å²) in [5, 5.41) is 6.35. The van der Waals surface area contributed by atoms with Crippen molar-refractivity contribution in [3.63, 3.8) is 0 Å². The Kier molecular flexibility index (Phi) is 3.67. The van der Waals surface area contributed by atoms with Crippen molar-refractivity contribution in [2.45, 2.75) is 19.5 Å². The average molecular weight is 305 g/mol. The van der Waals surface area contributed by atoms with Crippen LogP contribution in [-0.4, -0.2) is 27.8 Å². The molecule has 0 bridgehead atoms. The molecular formula is C19H19N3O. The molecule has 1 aromatic heterocycles. The van der Waals surface area contributed by atoms with E-state index in [0.29, 0.717) is 6.67 Å². The Morgan fingerprint density at radius 1 is 0.870 bits per heavy atom. The summed E-state index contributed by atoms with van der Waals surface area (Å²) in [7, 11) is 0. The SMILES string of the molecule is O=c1c2ccccc2c(-c2ccccc2)nn1CN1CCCC1. The molecule has 4 rings (SSSR count).